The maximum absolute atomic E-state index is 11.7. The number of alkyl carbamates (subject to hydrolysis) is 1. The number of ether oxygens (including phenoxy) is 1. The first-order valence-electron chi connectivity index (χ1n) is 6.38. The molecule has 0 heterocycles. The molecule has 2 aromatic carbocycles. The van der Waals surface area contributed by atoms with Crippen molar-refractivity contribution in [3.05, 3.63) is 70.2 Å². The van der Waals surface area contributed by atoms with Crippen LogP contribution in [0.25, 0.3) is 0 Å². The average Bonchev–Trinajstić information content (AvgIpc) is 2.47. The molecule has 3 nitrogen and oxygen atoms in total. The highest BCUT2D eigenvalue weighted by molar-refractivity contribution is 9.10. The van der Waals surface area contributed by atoms with Crippen LogP contribution in [-0.4, -0.2) is 6.09 Å². The van der Waals surface area contributed by atoms with Crippen LogP contribution in [0.15, 0.2) is 59.1 Å². The second kappa shape index (κ2) is 7.10. The van der Waals surface area contributed by atoms with Crippen LogP contribution in [0.1, 0.15) is 24.1 Å². The van der Waals surface area contributed by atoms with Crippen LogP contribution in [0, 0.1) is 0 Å². The first-order valence-corrected chi connectivity index (χ1v) is 7.17. The Labute approximate surface area is 127 Å². The number of nitrogens with one attached hydrogen (secondary N) is 1. The Bertz CT molecular complexity index is 554. The van der Waals surface area contributed by atoms with E-state index >= 15 is 0 Å². The summed E-state index contributed by atoms with van der Waals surface area (Å²) in [6.45, 7) is 2.20. The number of carbonyl (C=O) groups excluding carboxylic acids is 1. The zero-order valence-corrected chi connectivity index (χ0v) is 12.8. The second-order valence-corrected chi connectivity index (χ2v) is 5.39. The number of amides is 1. The van der Waals surface area contributed by atoms with Crippen molar-refractivity contribution in [3.8, 4) is 0 Å². The monoisotopic (exact) mass is 333 g/mol. The lowest BCUT2D eigenvalue weighted by Crippen LogP contribution is -2.27. The number of hydrogen-bond acceptors (Lipinski definition) is 2. The SMILES string of the molecule is C[C@H](NC(=O)OCc1ccccc1)c1ccc(Br)cc1. The molecule has 0 aliphatic carbocycles. The van der Waals surface area contributed by atoms with E-state index in [1.807, 2.05) is 61.5 Å². The van der Waals surface area contributed by atoms with Gasteiger partial charge in [0.1, 0.15) is 6.61 Å². The van der Waals surface area contributed by atoms with E-state index < -0.39 is 6.09 Å². The van der Waals surface area contributed by atoms with Crippen molar-refractivity contribution < 1.29 is 9.53 Å². The first-order chi connectivity index (χ1) is 9.65. The number of benzene rings is 2. The van der Waals surface area contributed by atoms with E-state index in [0.29, 0.717) is 0 Å². The van der Waals surface area contributed by atoms with Crippen molar-refractivity contribution in [3.63, 3.8) is 0 Å². The molecule has 0 unspecified atom stereocenters. The molecule has 1 amide bonds. The Kier molecular flexibility index (Phi) is 5.18. The molecule has 1 N–H and O–H groups in total. The Morgan fingerprint density at radius 2 is 1.80 bits per heavy atom. The summed E-state index contributed by atoms with van der Waals surface area (Å²) in [5.41, 5.74) is 2.00. The maximum Gasteiger partial charge on any atom is 0.407 e. The van der Waals surface area contributed by atoms with Gasteiger partial charge < -0.3 is 10.1 Å². The van der Waals surface area contributed by atoms with Gasteiger partial charge in [-0.3, -0.25) is 0 Å². The van der Waals surface area contributed by atoms with Gasteiger partial charge in [0, 0.05) is 4.47 Å². The van der Waals surface area contributed by atoms with Crippen LogP contribution in [0.4, 0.5) is 4.79 Å². The Morgan fingerprint density at radius 3 is 2.45 bits per heavy atom. The van der Waals surface area contributed by atoms with Crippen LogP contribution in [0.5, 0.6) is 0 Å². The van der Waals surface area contributed by atoms with E-state index in [0.717, 1.165) is 15.6 Å². The standard InChI is InChI=1S/C16H16BrNO2/c1-12(14-7-9-15(17)10-8-14)18-16(19)20-11-13-5-3-2-4-6-13/h2-10,12H,11H2,1H3,(H,18,19)/t12-/m0/s1. The summed E-state index contributed by atoms with van der Waals surface area (Å²) in [4.78, 5) is 11.7. The van der Waals surface area contributed by atoms with Crippen molar-refractivity contribution in [2.24, 2.45) is 0 Å². The highest BCUT2D eigenvalue weighted by atomic mass is 79.9. The van der Waals surface area contributed by atoms with Gasteiger partial charge in [-0.05, 0) is 30.2 Å². The van der Waals surface area contributed by atoms with Gasteiger partial charge in [-0.25, -0.2) is 4.79 Å². The van der Waals surface area contributed by atoms with E-state index in [1.54, 1.807) is 0 Å². The minimum Gasteiger partial charge on any atom is -0.445 e. The van der Waals surface area contributed by atoms with Crippen molar-refractivity contribution in [2.45, 2.75) is 19.6 Å². The third-order valence-electron chi connectivity index (χ3n) is 2.92. The quantitative estimate of drug-likeness (QED) is 0.898. The van der Waals surface area contributed by atoms with Gasteiger partial charge in [-0.15, -0.1) is 0 Å². The van der Waals surface area contributed by atoms with Crippen molar-refractivity contribution in [1.82, 2.24) is 5.32 Å². The molecule has 0 bridgehead atoms. The van der Waals surface area contributed by atoms with Gasteiger partial charge in [0.25, 0.3) is 0 Å². The first kappa shape index (κ1) is 14.6. The summed E-state index contributed by atoms with van der Waals surface area (Å²) >= 11 is 3.38. The van der Waals surface area contributed by atoms with Gasteiger partial charge in [0.05, 0.1) is 6.04 Å². The van der Waals surface area contributed by atoms with Gasteiger partial charge in [-0.2, -0.15) is 0 Å². The fraction of sp³-hybridized carbons (Fsp3) is 0.188. The number of hydrogen-bond donors (Lipinski definition) is 1. The van der Waals surface area contributed by atoms with E-state index in [2.05, 4.69) is 21.2 Å². The Balaban J connectivity index is 1.83. The lowest BCUT2D eigenvalue weighted by atomic mass is 10.1. The molecular formula is C16H16BrNO2. The molecule has 2 rings (SSSR count). The Morgan fingerprint density at radius 1 is 1.15 bits per heavy atom. The molecular weight excluding hydrogens is 318 g/mol. The lowest BCUT2D eigenvalue weighted by Gasteiger charge is -2.14. The molecule has 1 atom stereocenters. The fourth-order valence-corrected chi connectivity index (χ4v) is 2.04. The maximum atomic E-state index is 11.7. The summed E-state index contributed by atoms with van der Waals surface area (Å²) in [5, 5.41) is 2.81. The lowest BCUT2D eigenvalue weighted by molar-refractivity contribution is 0.136. The molecule has 20 heavy (non-hydrogen) atoms. The minimum atomic E-state index is -0.413. The second-order valence-electron chi connectivity index (χ2n) is 4.48. The molecule has 2 aromatic rings. The van der Waals surface area contributed by atoms with Crippen molar-refractivity contribution in [2.75, 3.05) is 0 Å². The fourth-order valence-electron chi connectivity index (χ4n) is 1.78. The summed E-state index contributed by atoms with van der Waals surface area (Å²) in [7, 11) is 0. The van der Waals surface area contributed by atoms with Crippen LogP contribution in [-0.2, 0) is 11.3 Å². The Hall–Kier alpha value is -1.81. The molecule has 0 fully saturated rings. The number of rotatable bonds is 4. The molecule has 0 saturated heterocycles. The highest BCUT2D eigenvalue weighted by Crippen LogP contribution is 2.16. The van der Waals surface area contributed by atoms with Gasteiger partial charge in [0.15, 0.2) is 0 Å². The zero-order chi connectivity index (χ0) is 14.4. The molecule has 0 aromatic heterocycles. The molecule has 4 heteroatoms. The van der Waals surface area contributed by atoms with E-state index in [4.69, 9.17) is 4.74 Å². The average molecular weight is 334 g/mol. The molecule has 104 valence electrons. The predicted octanol–water partition coefficient (Wildman–Crippen LogP) is 4.44. The van der Waals surface area contributed by atoms with E-state index in [9.17, 15) is 4.79 Å². The number of carbonyl (C=O) groups is 1. The van der Waals surface area contributed by atoms with Gasteiger partial charge >= 0.3 is 6.09 Å². The summed E-state index contributed by atoms with van der Waals surface area (Å²) < 4.78 is 6.20. The normalized spacial score (nSPS) is 11.7. The van der Waals surface area contributed by atoms with Crippen LogP contribution in [0.2, 0.25) is 0 Å². The molecule has 0 aliphatic rings. The summed E-state index contributed by atoms with van der Waals surface area (Å²) in [6, 6.07) is 17.3. The van der Waals surface area contributed by atoms with Crippen molar-refractivity contribution in [1.29, 1.82) is 0 Å². The number of halogens is 1. The third kappa shape index (κ3) is 4.38. The van der Waals surface area contributed by atoms with Crippen molar-refractivity contribution >= 4 is 22.0 Å². The largest absolute Gasteiger partial charge is 0.445 e. The molecule has 0 aliphatic heterocycles. The van der Waals surface area contributed by atoms with Gasteiger partial charge in [-0.1, -0.05) is 58.4 Å². The molecule has 0 saturated carbocycles. The third-order valence-corrected chi connectivity index (χ3v) is 3.45. The summed E-state index contributed by atoms with van der Waals surface area (Å²) in [6.07, 6.45) is -0.413. The predicted molar refractivity (Wildman–Crippen MR) is 82.3 cm³/mol. The topological polar surface area (TPSA) is 38.3 Å². The summed E-state index contributed by atoms with van der Waals surface area (Å²) in [5.74, 6) is 0. The van der Waals surface area contributed by atoms with Crippen LogP contribution in [0.3, 0.4) is 0 Å². The molecule has 0 spiro atoms. The zero-order valence-electron chi connectivity index (χ0n) is 11.2. The van der Waals surface area contributed by atoms with E-state index in [1.165, 1.54) is 0 Å². The van der Waals surface area contributed by atoms with Gasteiger partial charge in [0.2, 0.25) is 0 Å². The van der Waals surface area contributed by atoms with Crippen LogP contribution < -0.4 is 5.32 Å². The highest BCUT2D eigenvalue weighted by Gasteiger charge is 2.10. The van der Waals surface area contributed by atoms with Crippen LogP contribution >= 0.6 is 15.9 Å². The minimum absolute atomic E-state index is 0.0913. The van der Waals surface area contributed by atoms with E-state index in [-0.39, 0.29) is 12.6 Å². The molecule has 0 radical (unpaired) electrons. The smallest absolute Gasteiger partial charge is 0.407 e.